The monoisotopic (exact) mass is 465 g/mol. The Hall–Kier alpha value is -3.12. The number of rotatable bonds is 6. The summed E-state index contributed by atoms with van der Waals surface area (Å²) in [6.45, 7) is 4.15. The normalized spacial score (nSPS) is 17.2. The Morgan fingerprint density at radius 1 is 1.00 bits per heavy atom. The molecule has 2 aliphatic rings. The van der Waals surface area contributed by atoms with Crippen molar-refractivity contribution in [1.29, 1.82) is 0 Å². The number of hydrogen-bond donors (Lipinski definition) is 2. The lowest BCUT2D eigenvalue weighted by molar-refractivity contribution is -0.140. The molecule has 0 unspecified atom stereocenters. The summed E-state index contributed by atoms with van der Waals surface area (Å²) in [6.07, 6.45) is 4.73. The fourth-order valence-corrected chi connectivity index (χ4v) is 4.71. The number of nitrogens with zero attached hydrogens (tertiary/aromatic N) is 1. The summed E-state index contributed by atoms with van der Waals surface area (Å²) in [5.41, 5.74) is 2.82. The number of amides is 3. The van der Waals surface area contributed by atoms with Crippen molar-refractivity contribution in [3.05, 3.63) is 70.4 Å². The number of halogens is 1. The Bertz CT molecular complexity index is 1120. The van der Waals surface area contributed by atoms with Gasteiger partial charge in [-0.2, -0.15) is 0 Å². The van der Waals surface area contributed by atoms with E-state index in [0.29, 0.717) is 11.3 Å². The summed E-state index contributed by atoms with van der Waals surface area (Å²) < 4.78 is 0. The van der Waals surface area contributed by atoms with Crippen LogP contribution in [0, 0.1) is 0 Å². The minimum Gasteiger partial charge on any atom is -0.350 e. The molecule has 3 amide bonds. The van der Waals surface area contributed by atoms with Crippen LogP contribution in [0.4, 0.5) is 11.4 Å². The number of nitrogens with one attached hydrogen (secondary N) is 2. The van der Waals surface area contributed by atoms with Gasteiger partial charge in [0.1, 0.15) is 10.7 Å². The van der Waals surface area contributed by atoms with Crippen LogP contribution in [0.1, 0.15) is 67.8 Å². The van der Waals surface area contributed by atoms with Gasteiger partial charge in [-0.25, -0.2) is 0 Å². The van der Waals surface area contributed by atoms with Crippen LogP contribution in [0.25, 0.3) is 0 Å². The molecule has 0 spiro atoms. The Morgan fingerprint density at radius 3 is 2.45 bits per heavy atom. The van der Waals surface area contributed by atoms with Gasteiger partial charge in [-0.15, -0.1) is 0 Å². The van der Waals surface area contributed by atoms with Crippen molar-refractivity contribution in [2.75, 3.05) is 10.6 Å². The molecule has 172 valence electrons. The quantitative estimate of drug-likeness (QED) is 0.542. The lowest BCUT2D eigenvalue weighted by Gasteiger charge is -2.29. The smallest absolute Gasteiger partial charge is 0.279 e. The Morgan fingerprint density at radius 2 is 1.73 bits per heavy atom. The molecule has 6 nitrogen and oxygen atoms in total. The second kappa shape index (κ2) is 9.79. The number of carbonyl (C=O) groups excluding carboxylic acids is 3. The maximum absolute atomic E-state index is 13.0. The predicted molar refractivity (Wildman–Crippen MR) is 130 cm³/mol. The van der Waals surface area contributed by atoms with E-state index in [1.807, 2.05) is 24.3 Å². The highest BCUT2D eigenvalue weighted by molar-refractivity contribution is 6.48. The zero-order chi connectivity index (χ0) is 23.5. The predicted octanol–water partition coefficient (Wildman–Crippen LogP) is 5.63. The fourth-order valence-electron chi connectivity index (χ4n) is 4.49. The van der Waals surface area contributed by atoms with Crippen molar-refractivity contribution in [3.63, 3.8) is 0 Å². The number of imide groups is 1. The van der Waals surface area contributed by atoms with E-state index in [1.165, 1.54) is 4.90 Å². The van der Waals surface area contributed by atoms with Crippen molar-refractivity contribution < 1.29 is 14.4 Å². The van der Waals surface area contributed by atoms with Crippen LogP contribution < -0.4 is 10.6 Å². The standard InChI is InChI=1S/C26H28ClN3O3/c1-16(2)20-13-6-7-14-21(20)29-24(31)17-9-8-10-18(15-17)28-23-22(27)25(32)30(26(23)33)19-11-4-3-5-12-19/h6-10,13-16,19,28H,3-5,11-12H2,1-2H3,(H,29,31). The number of para-hydroxylation sites is 1. The Labute approximate surface area is 199 Å². The van der Waals surface area contributed by atoms with Crippen LogP contribution in [0.3, 0.4) is 0 Å². The van der Waals surface area contributed by atoms with E-state index in [0.717, 1.165) is 43.4 Å². The SMILES string of the molecule is CC(C)c1ccccc1NC(=O)c1cccc(NC2=C(Cl)C(=O)N(C3CCCCC3)C2=O)c1. The lowest BCUT2D eigenvalue weighted by atomic mass is 9.94. The van der Waals surface area contributed by atoms with Gasteiger partial charge in [-0.1, -0.05) is 69.0 Å². The summed E-state index contributed by atoms with van der Waals surface area (Å²) in [6, 6.07) is 14.4. The molecule has 0 radical (unpaired) electrons. The van der Waals surface area contributed by atoms with Gasteiger partial charge in [-0.05, 0) is 48.6 Å². The highest BCUT2D eigenvalue weighted by atomic mass is 35.5. The summed E-state index contributed by atoms with van der Waals surface area (Å²) in [4.78, 5) is 39.9. The third kappa shape index (κ3) is 4.81. The third-order valence-electron chi connectivity index (χ3n) is 6.22. The molecule has 2 aromatic carbocycles. The van der Waals surface area contributed by atoms with E-state index >= 15 is 0 Å². The van der Waals surface area contributed by atoms with Gasteiger partial charge in [-0.3, -0.25) is 19.3 Å². The Kier molecular flexibility index (Phi) is 6.84. The molecule has 0 aromatic heterocycles. The molecule has 1 heterocycles. The summed E-state index contributed by atoms with van der Waals surface area (Å²) in [7, 11) is 0. The van der Waals surface area contributed by atoms with Gasteiger partial charge in [0.2, 0.25) is 0 Å². The highest BCUT2D eigenvalue weighted by Crippen LogP contribution is 2.32. The van der Waals surface area contributed by atoms with Gasteiger partial charge in [0, 0.05) is 23.0 Å². The Balaban J connectivity index is 1.51. The fraction of sp³-hybridized carbons (Fsp3) is 0.346. The second-order valence-corrected chi connectivity index (χ2v) is 9.24. The molecule has 1 fully saturated rings. The highest BCUT2D eigenvalue weighted by Gasteiger charge is 2.42. The van der Waals surface area contributed by atoms with Crippen molar-refractivity contribution in [2.45, 2.75) is 57.9 Å². The largest absolute Gasteiger partial charge is 0.350 e. The first-order valence-electron chi connectivity index (χ1n) is 11.4. The van der Waals surface area contributed by atoms with Gasteiger partial charge in [0.15, 0.2) is 0 Å². The summed E-state index contributed by atoms with van der Waals surface area (Å²) in [5.74, 6) is -0.848. The van der Waals surface area contributed by atoms with E-state index in [9.17, 15) is 14.4 Å². The van der Waals surface area contributed by atoms with E-state index in [1.54, 1.807) is 24.3 Å². The average molecular weight is 466 g/mol. The molecule has 4 rings (SSSR count). The second-order valence-electron chi connectivity index (χ2n) is 8.86. The van der Waals surface area contributed by atoms with Crippen LogP contribution in [0.5, 0.6) is 0 Å². The number of carbonyl (C=O) groups is 3. The first-order valence-corrected chi connectivity index (χ1v) is 11.8. The lowest BCUT2D eigenvalue weighted by Crippen LogP contribution is -2.42. The van der Waals surface area contributed by atoms with E-state index in [2.05, 4.69) is 24.5 Å². The number of anilines is 2. The minimum atomic E-state index is -0.449. The van der Waals surface area contributed by atoms with Crippen LogP contribution in [-0.4, -0.2) is 28.7 Å². The first kappa shape index (κ1) is 23.1. The van der Waals surface area contributed by atoms with E-state index in [4.69, 9.17) is 11.6 Å². The molecular weight excluding hydrogens is 438 g/mol. The maximum Gasteiger partial charge on any atom is 0.279 e. The van der Waals surface area contributed by atoms with Gasteiger partial charge in [0.25, 0.3) is 17.7 Å². The molecule has 0 atom stereocenters. The number of hydrogen-bond acceptors (Lipinski definition) is 4. The van der Waals surface area contributed by atoms with Crippen LogP contribution in [0.15, 0.2) is 59.3 Å². The topological polar surface area (TPSA) is 78.5 Å². The van der Waals surface area contributed by atoms with Gasteiger partial charge in [0.05, 0.1) is 0 Å². The molecular formula is C26H28ClN3O3. The zero-order valence-corrected chi connectivity index (χ0v) is 19.6. The number of benzene rings is 2. The van der Waals surface area contributed by atoms with Crippen LogP contribution in [0.2, 0.25) is 0 Å². The molecule has 1 saturated carbocycles. The molecule has 33 heavy (non-hydrogen) atoms. The summed E-state index contributed by atoms with van der Waals surface area (Å²) in [5, 5.41) is 5.85. The molecule has 7 heteroatoms. The van der Waals surface area contributed by atoms with Crippen molar-refractivity contribution in [2.24, 2.45) is 0 Å². The minimum absolute atomic E-state index is 0.0648. The molecule has 1 aliphatic heterocycles. The van der Waals surface area contributed by atoms with Gasteiger partial charge < -0.3 is 10.6 Å². The van der Waals surface area contributed by atoms with E-state index in [-0.39, 0.29) is 28.6 Å². The third-order valence-corrected chi connectivity index (χ3v) is 6.57. The first-order chi connectivity index (χ1) is 15.9. The average Bonchev–Trinajstić information content (AvgIpc) is 3.03. The molecule has 0 saturated heterocycles. The van der Waals surface area contributed by atoms with Crippen LogP contribution in [-0.2, 0) is 9.59 Å². The molecule has 2 N–H and O–H groups in total. The van der Waals surface area contributed by atoms with Crippen molar-refractivity contribution >= 4 is 40.7 Å². The molecule has 2 aromatic rings. The van der Waals surface area contributed by atoms with Gasteiger partial charge >= 0.3 is 0 Å². The van der Waals surface area contributed by atoms with Crippen molar-refractivity contribution in [3.8, 4) is 0 Å². The van der Waals surface area contributed by atoms with Crippen molar-refractivity contribution in [1.82, 2.24) is 4.90 Å². The zero-order valence-electron chi connectivity index (χ0n) is 18.9. The molecule has 0 bridgehead atoms. The van der Waals surface area contributed by atoms with Crippen LogP contribution >= 0.6 is 11.6 Å². The summed E-state index contributed by atoms with van der Waals surface area (Å²) >= 11 is 6.27. The maximum atomic E-state index is 13.0. The van der Waals surface area contributed by atoms with E-state index < -0.39 is 11.8 Å². The molecule has 1 aliphatic carbocycles.